The third kappa shape index (κ3) is 4.36. The van der Waals surface area contributed by atoms with Gasteiger partial charge in [-0.25, -0.2) is 4.79 Å². The first-order valence-electron chi connectivity index (χ1n) is 11.2. The van der Waals surface area contributed by atoms with E-state index in [0.717, 1.165) is 55.0 Å². The number of carboxylic acids is 1. The van der Waals surface area contributed by atoms with Crippen LogP contribution in [0.25, 0.3) is 10.9 Å². The fourth-order valence-corrected chi connectivity index (χ4v) is 4.87. The molecule has 7 nitrogen and oxygen atoms in total. The fraction of sp³-hybridized carbons (Fsp3) is 0.308. The maximum atomic E-state index is 11.5. The number of hydrogen-bond acceptors (Lipinski definition) is 5. The molecule has 1 aliphatic rings. The lowest BCUT2D eigenvalue weighted by atomic mass is 9.89. The Morgan fingerprint density at radius 3 is 2.85 bits per heavy atom. The molecule has 33 heavy (non-hydrogen) atoms. The van der Waals surface area contributed by atoms with Gasteiger partial charge in [0.2, 0.25) is 0 Å². The lowest BCUT2D eigenvalue weighted by Gasteiger charge is -2.32. The van der Waals surface area contributed by atoms with E-state index in [4.69, 9.17) is 9.15 Å². The number of fused-ring (bicyclic) bond motifs is 1. The van der Waals surface area contributed by atoms with E-state index in [1.54, 1.807) is 18.4 Å². The Morgan fingerprint density at radius 2 is 2.12 bits per heavy atom. The minimum Gasteiger partial charge on any atom is -0.496 e. The lowest BCUT2D eigenvalue weighted by Crippen LogP contribution is -2.32. The van der Waals surface area contributed by atoms with Crippen molar-refractivity contribution in [3.8, 4) is 5.75 Å². The molecular formula is C26H27N3O4. The number of nitrogens with zero attached hydrogens (tertiary/aromatic N) is 2. The van der Waals surface area contributed by atoms with Gasteiger partial charge in [0.25, 0.3) is 0 Å². The van der Waals surface area contributed by atoms with Crippen LogP contribution in [0.15, 0.2) is 59.5 Å². The molecule has 0 saturated carbocycles. The second-order valence-corrected chi connectivity index (χ2v) is 8.57. The van der Waals surface area contributed by atoms with Crippen molar-refractivity contribution in [2.24, 2.45) is 0 Å². The second kappa shape index (κ2) is 9.11. The van der Waals surface area contributed by atoms with Crippen LogP contribution in [0, 0.1) is 0 Å². The van der Waals surface area contributed by atoms with Gasteiger partial charge in [0.1, 0.15) is 17.1 Å². The highest BCUT2D eigenvalue weighted by atomic mass is 16.5. The number of H-pyrrole nitrogens is 1. The minimum atomic E-state index is -0.965. The Morgan fingerprint density at radius 1 is 1.27 bits per heavy atom. The number of aromatic carboxylic acids is 1. The summed E-state index contributed by atoms with van der Waals surface area (Å²) < 4.78 is 10.7. The molecule has 0 atom stereocenters. The number of benzene rings is 1. The SMILES string of the molecule is COc1ccc(CN2CCC(c3c[nH]c4c(Cc5ccco5)nccc34)CC2)cc1C(=O)O. The van der Waals surface area contributed by atoms with Crippen molar-refractivity contribution < 1.29 is 19.1 Å². The highest BCUT2D eigenvalue weighted by Crippen LogP contribution is 2.34. The molecule has 1 aromatic carbocycles. The third-order valence-corrected chi connectivity index (χ3v) is 6.56. The van der Waals surface area contributed by atoms with E-state index < -0.39 is 5.97 Å². The molecule has 0 amide bonds. The van der Waals surface area contributed by atoms with Crippen molar-refractivity contribution in [1.82, 2.24) is 14.9 Å². The van der Waals surface area contributed by atoms with E-state index in [1.165, 1.54) is 18.1 Å². The molecule has 4 aromatic rings. The summed E-state index contributed by atoms with van der Waals surface area (Å²) in [6.45, 7) is 2.67. The topological polar surface area (TPSA) is 91.6 Å². The first kappa shape index (κ1) is 21.3. The van der Waals surface area contributed by atoms with Crippen LogP contribution in [0.3, 0.4) is 0 Å². The van der Waals surface area contributed by atoms with E-state index in [1.807, 2.05) is 24.4 Å². The standard InChI is InChI=1S/C26H27N3O4/c1-32-24-5-4-17(13-21(24)26(30)31)16-29-10-7-18(8-11-29)22-15-28-25-20(22)6-9-27-23(25)14-19-3-2-12-33-19/h2-6,9,12-13,15,18,28H,7-8,10-11,14,16H2,1H3,(H,30,31). The van der Waals surface area contributed by atoms with Gasteiger partial charge in [-0.3, -0.25) is 9.88 Å². The number of aromatic nitrogens is 2. The van der Waals surface area contributed by atoms with Crippen molar-refractivity contribution in [3.63, 3.8) is 0 Å². The molecule has 0 unspecified atom stereocenters. The summed E-state index contributed by atoms with van der Waals surface area (Å²) in [5, 5.41) is 10.7. The molecule has 1 saturated heterocycles. The van der Waals surface area contributed by atoms with Gasteiger partial charge >= 0.3 is 5.97 Å². The number of aromatic amines is 1. The first-order chi connectivity index (χ1) is 16.1. The number of pyridine rings is 1. The van der Waals surface area contributed by atoms with Gasteiger partial charge in [-0.05, 0) is 73.3 Å². The summed E-state index contributed by atoms with van der Waals surface area (Å²) in [6.07, 6.45) is 8.51. The highest BCUT2D eigenvalue weighted by Gasteiger charge is 2.24. The number of nitrogens with one attached hydrogen (secondary N) is 1. The average Bonchev–Trinajstić information content (AvgIpc) is 3.50. The third-order valence-electron chi connectivity index (χ3n) is 6.56. The zero-order valence-electron chi connectivity index (χ0n) is 18.6. The number of carbonyl (C=O) groups is 1. The molecule has 0 radical (unpaired) electrons. The van der Waals surface area contributed by atoms with Crippen molar-refractivity contribution in [1.29, 1.82) is 0 Å². The second-order valence-electron chi connectivity index (χ2n) is 8.57. The van der Waals surface area contributed by atoms with Crippen LogP contribution in [0.4, 0.5) is 0 Å². The highest BCUT2D eigenvalue weighted by molar-refractivity contribution is 5.91. The van der Waals surface area contributed by atoms with Gasteiger partial charge in [-0.15, -0.1) is 0 Å². The molecule has 0 bridgehead atoms. The smallest absolute Gasteiger partial charge is 0.339 e. The zero-order valence-corrected chi connectivity index (χ0v) is 18.6. The summed E-state index contributed by atoms with van der Waals surface area (Å²) in [6, 6.07) is 11.4. The van der Waals surface area contributed by atoms with E-state index in [0.29, 0.717) is 18.1 Å². The average molecular weight is 446 g/mol. The number of furan rings is 1. The van der Waals surface area contributed by atoms with Crippen LogP contribution in [0.5, 0.6) is 5.75 Å². The Kier molecular flexibility index (Phi) is 5.88. The molecule has 170 valence electrons. The number of rotatable bonds is 7. The largest absolute Gasteiger partial charge is 0.496 e. The summed E-state index contributed by atoms with van der Waals surface area (Å²) in [5.74, 6) is 0.821. The molecule has 0 spiro atoms. The van der Waals surface area contributed by atoms with Crippen LogP contribution < -0.4 is 4.74 Å². The molecule has 0 aliphatic carbocycles. The number of methoxy groups -OCH3 is 1. The van der Waals surface area contributed by atoms with Gasteiger partial charge in [0.15, 0.2) is 0 Å². The Bertz CT molecular complexity index is 1250. The van der Waals surface area contributed by atoms with E-state index in [9.17, 15) is 9.90 Å². The van der Waals surface area contributed by atoms with Crippen LogP contribution in [-0.4, -0.2) is 46.1 Å². The van der Waals surface area contributed by atoms with Crippen molar-refractivity contribution in [2.75, 3.05) is 20.2 Å². The van der Waals surface area contributed by atoms with Crippen molar-refractivity contribution >= 4 is 16.9 Å². The Hall–Kier alpha value is -3.58. The summed E-state index contributed by atoms with van der Waals surface area (Å²) in [7, 11) is 1.49. The molecule has 3 aromatic heterocycles. The summed E-state index contributed by atoms with van der Waals surface area (Å²) >= 11 is 0. The monoisotopic (exact) mass is 445 g/mol. The van der Waals surface area contributed by atoms with Crippen LogP contribution in [-0.2, 0) is 13.0 Å². The lowest BCUT2D eigenvalue weighted by molar-refractivity contribution is 0.0693. The maximum Gasteiger partial charge on any atom is 0.339 e. The van der Waals surface area contributed by atoms with Gasteiger partial charge in [0, 0.05) is 24.3 Å². The summed E-state index contributed by atoms with van der Waals surface area (Å²) in [4.78, 5) is 21.9. The number of carboxylic acid groups (broad SMARTS) is 1. The van der Waals surface area contributed by atoms with Gasteiger partial charge in [-0.2, -0.15) is 0 Å². The molecule has 5 rings (SSSR count). The Balaban J connectivity index is 1.27. The molecule has 2 N–H and O–H groups in total. The predicted molar refractivity (Wildman–Crippen MR) is 125 cm³/mol. The number of ether oxygens (including phenoxy) is 1. The molecule has 7 heteroatoms. The maximum absolute atomic E-state index is 11.5. The molecule has 1 fully saturated rings. The minimum absolute atomic E-state index is 0.211. The number of hydrogen-bond donors (Lipinski definition) is 2. The molecule has 1 aliphatic heterocycles. The zero-order chi connectivity index (χ0) is 22.8. The molecule has 4 heterocycles. The van der Waals surface area contributed by atoms with Crippen LogP contribution >= 0.6 is 0 Å². The first-order valence-corrected chi connectivity index (χ1v) is 11.2. The van der Waals surface area contributed by atoms with Gasteiger partial charge < -0.3 is 19.2 Å². The van der Waals surface area contributed by atoms with Crippen molar-refractivity contribution in [2.45, 2.75) is 31.7 Å². The van der Waals surface area contributed by atoms with Crippen LogP contribution in [0.1, 0.15) is 51.7 Å². The molecular weight excluding hydrogens is 418 g/mol. The fourth-order valence-electron chi connectivity index (χ4n) is 4.87. The van der Waals surface area contributed by atoms with Crippen molar-refractivity contribution in [3.05, 3.63) is 83.2 Å². The van der Waals surface area contributed by atoms with Crippen LogP contribution in [0.2, 0.25) is 0 Å². The summed E-state index contributed by atoms with van der Waals surface area (Å²) in [5.41, 5.74) is 4.64. The van der Waals surface area contributed by atoms with Gasteiger partial charge in [-0.1, -0.05) is 6.07 Å². The van der Waals surface area contributed by atoms with E-state index >= 15 is 0 Å². The normalized spacial score (nSPS) is 15.2. The quantitative estimate of drug-likeness (QED) is 0.423. The number of piperidine rings is 1. The Labute approximate surface area is 192 Å². The van der Waals surface area contributed by atoms with Gasteiger partial charge in [0.05, 0.1) is 31.0 Å². The predicted octanol–water partition coefficient (Wildman–Crippen LogP) is 4.83. The number of likely N-dealkylation sites (tertiary alicyclic amines) is 1. The van der Waals surface area contributed by atoms with E-state index in [-0.39, 0.29) is 5.56 Å². The van der Waals surface area contributed by atoms with E-state index in [2.05, 4.69) is 27.1 Å².